The molecule has 0 aliphatic carbocycles. The summed E-state index contributed by atoms with van der Waals surface area (Å²) in [4.78, 5) is 27.1. The molecule has 0 aromatic carbocycles. The number of hydroxylamine groups is 2. The Balaban J connectivity index is 2.21. The van der Waals surface area contributed by atoms with Gasteiger partial charge in [-0.3, -0.25) is 9.63 Å². The Morgan fingerprint density at radius 3 is 2.60 bits per heavy atom. The van der Waals surface area contributed by atoms with Crippen molar-refractivity contribution in [1.82, 2.24) is 5.06 Å². The number of nitrogens with zero attached hydrogens (tertiary/aromatic N) is 1. The molecule has 1 saturated heterocycles. The van der Waals surface area contributed by atoms with Gasteiger partial charge in [-0.25, -0.2) is 9.86 Å². The van der Waals surface area contributed by atoms with Crippen LogP contribution in [0.4, 0.5) is 0 Å². The lowest BCUT2D eigenvalue weighted by Gasteiger charge is -2.34. The van der Waals surface area contributed by atoms with E-state index in [1.54, 1.807) is 20.8 Å². The van der Waals surface area contributed by atoms with Crippen LogP contribution in [0.5, 0.6) is 0 Å². The smallest absolute Gasteiger partial charge is 0.335 e. The summed E-state index contributed by atoms with van der Waals surface area (Å²) < 4.78 is 4.99. The fourth-order valence-corrected chi connectivity index (χ4v) is 1.04. The number of carbonyl (C=O) groups is 2. The Labute approximate surface area is 88.3 Å². The second kappa shape index (κ2) is 4.16. The van der Waals surface area contributed by atoms with Crippen LogP contribution in [-0.2, 0) is 19.2 Å². The van der Waals surface area contributed by atoms with Crippen LogP contribution in [0.2, 0.25) is 0 Å². The van der Waals surface area contributed by atoms with Crippen LogP contribution in [-0.4, -0.2) is 41.7 Å². The van der Waals surface area contributed by atoms with Crippen LogP contribution in [0, 0.1) is 0 Å². The molecule has 1 unspecified atom stereocenters. The summed E-state index contributed by atoms with van der Waals surface area (Å²) in [5, 5.41) is 1.06. The van der Waals surface area contributed by atoms with E-state index < -0.39 is 17.6 Å². The Morgan fingerprint density at radius 1 is 1.60 bits per heavy atom. The van der Waals surface area contributed by atoms with Gasteiger partial charge in [0, 0.05) is 0 Å². The summed E-state index contributed by atoms with van der Waals surface area (Å²) in [5.41, 5.74) is 4.79. The van der Waals surface area contributed by atoms with Crippen LogP contribution >= 0.6 is 0 Å². The first-order valence-corrected chi connectivity index (χ1v) is 4.71. The summed E-state index contributed by atoms with van der Waals surface area (Å²) in [6.07, 6.45) is 0. The van der Waals surface area contributed by atoms with E-state index in [0.717, 1.165) is 5.06 Å². The topological polar surface area (TPSA) is 81.9 Å². The summed E-state index contributed by atoms with van der Waals surface area (Å²) in [7, 11) is 0. The lowest BCUT2D eigenvalue weighted by atomic mass is 10.2. The van der Waals surface area contributed by atoms with E-state index in [4.69, 9.17) is 15.3 Å². The van der Waals surface area contributed by atoms with Crippen molar-refractivity contribution >= 4 is 11.9 Å². The Morgan fingerprint density at radius 2 is 2.20 bits per heavy atom. The quantitative estimate of drug-likeness (QED) is 0.504. The van der Waals surface area contributed by atoms with E-state index in [1.165, 1.54) is 0 Å². The maximum absolute atomic E-state index is 11.2. The highest BCUT2D eigenvalue weighted by Gasteiger charge is 2.35. The molecule has 6 heteroatoms. The molecule has 1 heterocycles. The molecule has 0 bridgehead atoms. The van der Waals surface area contributed by atoms with Crippen molar-refractivity contribution in [3.8, 4) is 0 Å². The zero-order chi connectivity index (χ0) is 11.6. The molecule has 0 radical (unpaired) electrons. The van der Waals surface area contributed by atoms with E-state index in [1.807, 2.05) is 0 Å². The molecule has 15 heavy (non-hydrogen) atoms. The van der Waals surface area contributed by atoms with Crippen molar-refractivity contribution in [2.75, 3.05) is 13.2 Å². The number of ether oxygens (including phenoxy) is 1. The van der Waals surface area contributed by atoms with Crippen molar-refractivity contribution in [3.05, 3.63) is 0 Å². The molecule has 86 valence electrons. The predicted molar refractivity (Wildman–Crippen MR) is 51.5 cm³/mol. The summed E-state index contributed by atoms with van der Waals surface area (Å²) in [6.45, 7) is 5.33. The van der Waals surface area contributed by atoms with Gasteiger partial charge in [-0.15, -0.1) is 0 Å². The Kier molecular flexibility index (Phi) is 3.31. The summed E-state index contributed by atoms with van der Waals surface area (Å²) >= 11 is 0. The molecule has 6 nitrogen and oxygen atoms in total. The Hall–Kier alpha value is -1.14. The first-order chi connectivity index (χ1) is 6.79. The molecule has 1 aliphatic rings. The SMILES string of the molecule is CC(C)(C)OC(=O)CON1CC(N)C1=O. The van der Waals surface area contributed by atoms with Gasteiger partial charge in [0.1, 0.15) is 11.6 Å². The molecule has 1 aliphatic heterocycles. The van der Waals surface area contributed by atoms with Gasteiger partial charge < -0.3 is 10.5 Å². The number of rotatable bonds is 3. The van der Waals surface area contributed by atoms with E-state index >= 15 is 0 Å². The maximum Gasteiger partial charge on any atom is 0.335 e. The van der Waals surface area contributed by atoms with Gasteiger partial charge in [-0.1, -0.05) is 0 Å². The lowest BCUT2D eigenvalue weighted by molar-refractivity contribution is -0.218. The van der Waals surface area contributed by atoms with Gasteiger partial charge in [-0.2, -0.15) is 0 Å². The summed E-state index contributed by atoms with van der Waals surface area (Å²) in [6, 6.07) is -0.497. The second-order valence-electron chi connectivity index (χ2n) is 4.37. The molecule has 1 fully saturated rings. The largest absolute Gasteiger partial charge is 0.458 e. The minimum Gasteiger partial charge on any atom is -0.458 e. The third-order valence-corrected chi connectivity index (χ3v) is 1.68. The maximum atomic E-state index is 11.2. The van der Waals surface area contributed by atoms with Crippen LogP contribution in [0.15, 0.2) is 0 Å². The normalized spacial score (nSPS) is 21.2. The molecule has 0 spiro atoms. The number of amides is 1. The van der Waals surface area contributed by atoms with Crippen molar-refractivity contribution in [1.29, 1.82) is 0 Å². The number of carbonyl (C=O) groups excluding carboxylic acids is 2. The van der Waals surface area contributed by atoms with E-state index in [2.05, 4.69) is 0 Å². The molecule has 2 N–H and O–H groups in total. The Bertz CT molecular complexity index is 272. The van der Waals surface area contributed by atoms with Crippen molar-refractivity contribution in [2.24, 2.45) is 5.73 Å². The number of hydrogen-bond acceptors (Lipinski definition) is 5. The van der Waals surface area contributed by atoms with E-state index in [9.17, 15) is 9.59 Å². The number of β-lactam (4-membered cyclic amide) rings is 1. The van der Waals surface area contributed by atoms with Crippen molar-refractivity contribution in [2.45, 2.75) is 32.4 Å². The molecule has 1 amide bonds. The van der Waals surface area contributed by atoms with Gasteiger partial charge in [-0.05, 0) is 20.8 Å². The number of nitrogens with two attached hydrogens (primary N) is 1. The fraction of sp³-hybridized carbons (Fsp3) is 0.778. The van der Waals surface area contributed by atoms with Crippen LogP contribution in [0.1, 0.15) is 20.8 Å². The second-order valence-corrected chi connectivity index (χ2v) is 4.37. The van der Waals surface area contributed by atoms with Crippen LogP contribution < -0.4 is 5.73 Å². The molecule has 0 saturated carbocycles. The van der Waals surface area contributed by atoms with Gasteiger partial charge in [0.05, 0.1) is 6.54 Å². The van der Waals surface area contributed by atoms with Gasteiger partial charge >= 0.3 is 5.97 Å². The highest BCUT2D eigenvalue weighted by atomic mass is 16.7. The molecular weight excluding hydrogens is 200 g/mol. The fourth-order valence-electron chi connectivity index (χ4n) is 1.04. The van der Waals surface area contributed by atoms with Gasteiger partial charge in [0.15, 0.2) is 6.61 Å². The van der Waals surface area contributed by atoms with Crippen molar-refractivity contribution in [3.63, 3.8) is 0 Å². The summed E-state index contributed by atoms with van der Waals surface area (Å²) in [5.74, 6) is -0.811. The van der Waals surface area contributed by atoms with Crippen molar-refractivity contribution < 1.29 is 19.2 Å². The number of hydrogen-bond donors (Lipinski definition) is 1. The first-order valence-electron chi connectivity index (χ1n) is 4.71. The van der Waals surface area contributed by atoms with E-state index in [0.29, 0.717) is 6.54 Å². The zero-order valence-electron chi connectivity index (χ0n) is 9.15. The third-order valence-electron chi connectivity index (χ3n) is 1.68. The van der Waals surface area contributed by atoms with Crippen LogP contribution in [0.3, 0.4) is 0 Å². The molecule has 1 rings (SSSR count). The van der Waals surface area contributed by atoms with E-state index in [-0.39, 0.29) is 12.5 Å². The monoisotopic (exact) mass is 216 g/mol. The minimum absolute atomic E-state index is 0.268. The van der Waals surface area contributed by atoms with Crippen LogP contribution in [0.25, 0.3) is 0 Å². The average Bonchev–Trinajstić information content (AvgIpc) is 2.08. The number of esters is 1. The lowest BCUT2D eigenvalue weighted by Crippen LogP contribution is -2.60. The minimum atomic E-state index is -0.546. The highest BCUT2D eigenvalue weighted by molar-refractivity contribution is 5.86. The molecule has 0 aromatic heterocycles. The molecular formula is C9H16N2O4. The first kappa shape index (κ1) is 11.9. The predicted octanol–water partition coefficient (Wildman–Crippen LogP) is -0.571. The molecule has 0 aromatic rings. The highest BCUT2D eigenvalue weighted by Crippen LogP contribution is 2.10. The standard InChI is InChI=1S/C9H16N2O4/c1-9(2,3)15-7(12)5-14-11-4-6(10)8(11)13/h6H,4-5,10H2,1-3H3. The van der Waals surface area contributed by atoms with Gasteiger partial charge in [0.2, 0.25) is 0 Å². The average molecular weight is 216 g/mol. The zero-order valence-corrected chi connectivity index (χ0v) is 9.15. The van der Waals surface area contributed by atoms with Gasteiger partial charge in [0.25, 0.3) is 5.91 Å². The third kappa shape index (κ3) is 3.49. The molecule has 1 atom stereocenters.